The van der Waals surface area contributed by atoms with E-state index in [4.69, 9.17) is 22.6 Å². The summed E-state index contributed by atoms with van der Waals surface area (Å²) in [4.78, 5) is 14.1. The molecule has 0 amide bonds. The molecule has 0 aromatic carbocycles. The van der Waals surface area contributed by atoms with Crippen LogP contribution >= 0.6 is 11.6 Å². The summed E-state index contributed by atoms with van der Waals surface area (Å²) in [6, 6.07) is 1.27. The van der Waals surface area contributed by atoms with Crippen molar-refractivity contribution in [1.82, 2.24) is 4.98 Å². The largest absolute Gasteiger partial charge is 0.478 e. The number of nitrogens with one attached hydrogen (secondary N) is 1. The van der Waals surface area contributed by atoms with Crippen molar-refractivity contribution in [2.24, 2.45) is 5.84 Å². The van der Waals surface area contributed by atoms with Gasteiger partial charge in [-0.3, -0.25) is 0 Å². The monoisotopic (exact) mass is 217 g/mol. The van der Waals surface area contributed by atoms with Gasteiger partial charge in [0.05, 0.1) is 10.6 Å². The Hall–Kier alpha value is -1.33. The number of nitrogen functional groups attached to an aromatic ring is 1. The highest BCUT2D eigenvalue weighted by molar-refractivity contribution is 6.33. The summed E-state index contributed by atoms with van der Waals surface area (Å²) in [5.41, 5.74) is 2.25. The average Bonchev–Trinajstić information content (AvgIpc) is 2.20. The fourth-order valence-electron chi connectivity index (χ4n) is 0.661. The van der Waals surface area contributed by atoms with Crippen molar-refractivity contribution in [3.63, 3.8) is 0 Å². The molecule has 78 valence electrons. The molecule has 14 heavy (non-hydrogen) atoms. The topological polar surface area (TPSA) is 88.2 Å². The van der Waals surface area contributed by atoms with E-state index >= 15 is 0 Å². The number of halogens is 1. The smallest absolute Gasteiger partial charge is 0.337 e. The third-order valence-electron chi connectivity index (χ3n) is 1.22. The van der Waals surface area contributed by atoms with Crippen molar-refractivity contribution in [2.75, 3.05) is 5.43 Å². The first-order chi connectivity index (χ1) is 6.65. The molecule has 1 aromatic rings. The van der Waals surface area contributed by atoms with Crippen LogP contribution in [0.1, 0.15) is 24.2 Å². The van der Waals surface area contributed by atoms with E-state index in [0.29, 0.717) is 0 Å². The number of hydrogen-bond donors (Lipinski definition) is 3. The number of nitrogens with zero attached hydrogens (tertiary/aromatic N) is 1. The van der Waals surface area contributed by atoms with Gasteiger partial charge in [-0.2, -0.15) is 0 Å². The fraction of sp³-hybridized carbons (Fsp3) is 0.250. The minimum Gasteiger partial charge on any atom is -0.478 e. The van der Waals surface area contributed by atoms with Gasteiger partial charge in [0.25, 0.3) is 0 Å². The maximum atomic E-state index is 10.4. The Kier molecular flexibility index (Phi) is 5.59. The molecule has 0 aliphatic heterocycles. The molecule has 0 aliphatic carbocycles. The van der Waals surface area contributed by atoms with E-state index < -0.39 is 5.97 Å². The second-order valence-electron chi connectivity index (χ2n) is 2.00. The van der Waals surface area contributed by atoms with E-state index in [1.807, 2.05) is 13.8 Å². The molecule has 0 saturated carbocycles. The predicted molar refractivity (Wildman–Crippen MR) is 55.4 cm³/mol. The summed E-state index contributed by atoms with van der Waals surface area (Å²) in [6.07, 6.45) is 1.17. The van der Waals surface area contributed by atoms with Gasteiger partial charge in [0, 0.05) is 6.20 Å². The minimum atomic E-state index is -1.08. The highest BCUT2D eigenvalue weighted by Crippen LogP contribution is 2.18. The molecule has 1 aromatic heterocycles. The number of aromatic carboxylic acids is 1. The van der Waals surface area contributed by atoms with Gasteiger partial charge >= 0.3 is 5.97 Å². The van der Waals surface area contributed by atoms with Crippen LogP contribution < -0.4 is 11.3 Å². The Morgan fingerprint density at radius 2 is 2.21 bits per heavy atom. The molecule has 4 N–H and O–H groups in total. The average molecular weight is 218 g/mol. The van der Waals surface area contributed by atoms with Crippen LogP contribution in [0.25, 0.3) is 0 Å². The predicted octanol–water partition coefficient (Wildman–Crippen LogP) is 1.74. The molecule has 6 heteroatoms. The number of anilines is 1. The van der Waals surface area contributed by atoms with Crippen LogP contribution in [-0.4, -0.2) is 16.1 Å². The van der Waals surface area contributed by atoms with Crippen molar-refractivity contribution >= 4 is 23.4 Å². The molecule has 0 unspecified atom stereocenters. The summed E-state index contributed by atoms with van der Waals surface area (Å²) in [7, 11) is 0. The Morgan fingerprint density at radius 1 is 1.64 bits per heavy atom. The molecule has 0 aliphatic rings. The second kappa shape index (κ2) is 6.17. The van der Waals surface area contributed by atoms with Crippen LogP contribution in [0.4, 0.5) is 5.82 Å². The normalized spacial score (nSPS) is 8.57. The molecule has 0 atom stereocenters. The van der Waals surface area contributed by atoms with E-state index in [2.05, 4.69) is 10.4 Å². The zero-order valence-electron chi connectivity index (χ0n) is 7.91. The van der Waals surface area contributed by atoms with Crippen LogP contribution in [0.3, 0.4) is 0 Å². The Bertz CT molecular complexity index is 317. The number of rotatable bonds is 2. The fourth-order valence-corrected chi connectivity index (χ4v) is 0.882. The molecule has 0 spiro atoms. The van der Waals surface area contributed by atoms with E-state index in [-0.39, 0.29) is 16.4 Å². The number of aromatic nitrogens is 1. The quantitative estimate of drug-likeness (QED) is 0.519. The lowest BCUT2D eigenvalue weighted by Crippen LogP contribution is -2.09. The Morgan fingerprint density at radius 3 is 2.57 bits per heavy atom. The molecule has 0 saturated heterocycles. The molecule has 1 heterocycles. The molecule has 0 bridgehead atoms. The van der Waals surface area contributed by atoms with Crippen molar-refractivity contribution in [2.45, 2.75) is 13.8 Å². The summed E-state index contributed by atoms with van der Waals surface area (Å²) >= 11 is 5.61. The molecule has 5 nitrogen and oxygen atoms in total. The molecular weight excluding hydrogens is 206 g/mol. The highest BCUT2D eigenvalue weighted by atomic mass is 35.5. The summed E-state index contributed by atoms with van der Waals surface area (Å²) in [5.74, 6) is 4.21. The first-order valence-corrected chi connectivity index (χ1v) is 4.38. The zero-order chi connectivity index (χ0) is 11.1. The van der Waals surface area contributed by atoms with Crippen LogP contribution in [0.15, 0.2) is 12.3 Å². The third kappa shape index (κ3) is 3.20. The SMILES string of the molecule is CC.NNc1ncc(C(=O)O)cc1Cl. The van der Waals surface area contributed by atoms with Gasteiger partial charge < -0.3 is 10.5 Å². The summed E-state index contributed by atoms with van der Waals surface area (Å²) in [6.45, 7) is 4.00. The van der Waals surface area contributed by atoms with Crippen molar-refractivity contribution in [1.29, 1.82) is 0 Å². The lowest BCUT2D eigenvalue weighted by atomic mass is 10.3. The highest BCUT2D eigenvalue weighted by Gasteiger charge is 2.06. The number of hydrogen-bond acceptors (Lipinski definition) is 4. The number of carboxylic acids is 1. The first-order valence-electron chi connectivity index (χ1n) is 4.00. The van der Waals surface area contributed by atoms with Crippen molar-refractivity contribution in [3.05, 3.63) is 22.8 Å². The van der Waals surface area contributed by atoms with Crippen LogP contribution in [0, 0.1) is 0 Å². The van der Waals surface area contributed by atoms with Crippen LogP contribution in [0.5, 0.6) is 0 Å². The van der Waals surface area contributed by atoms with Gasteiger partial charge in [-0.15, -0.1) is 0 Å². The molecular formula is C8H12ClN3O2. The number of hydrazine groups is 1. The molecule has 0 radical (unpaired) electrons. The maximum Gasteiger partial charge on any atom is 0.337 e. The minimum absolute atomic E-state index is 0.0269. The number of carboxylic acid groups (broad SMARTS) is 1. The van der Waals surface area contributed by atoms with Gasteiger partial charge in [0.1, 0.15) is 0 Å². The zero-order valence-corrected chi connectivity index (χ0v) is 8.67. The van der Waals surface area contributed by atoms with Gasteiger partial charge in [-0.1, -0.05) is 25.4 Å². The van der Waals surface area contributed by atoms with E-state index in [0.717, 1.165) is 0 Å². The van der Waals surface area contributed by atoms with Gasteiger partial charge in [0.15, 0.2) is 5.82 Å². The van der Waals surface area contributed by atoms with Crippen molar-refractivity contribution < 1.29 is 9.90 Å². The van der Waals surface area contributed by atoms with Crippen LogP contribution in [-0.2, 0) is 0 Å². The van der Waals surface area contributed by atoms with Gasteiger partial charge in [-0.05, 0) is 6.07 Å². The molecule has 1 rings (SSSR count). The van der Waals surface area contributed by atoms with E-state index in [1.165, 1.54) is 12.3 Å². The van der Waals surface area contributed by atoms with Crippen molar-refractivity contribution in [3.8, 4) is 0 Å². The number of pyridine rings is 1. The molecule has 0 fully saturated rings. The lowest BCUT2D eigenvalue weighted by Gasteiger charge is -2.01. The standard InChI is InChI=1S/C6H6ClN3O2.C2H6/c7-4-1-3(6(11)12)2-9-5(4)10-8;1-2/h1-2H,8H2,(H,9,10)(H,11,12);1-2H3. The van der Waals surface area contributed by atoms with Crippen LogP contribution in [0.2, 0.25) is 5.02 Å². The Balaban J connectivity index is 0.000000791. The van der Waals surface area contributed by atoms with Gasteiger partial charge in [-0.25, -0.2) is 15.6 Å². The van der Waals surface area contributed by atoms with E-state index in [1.54, 1.807) is 0 Å². The number of carbonyl (C=O) groups is 1. The third-order valence-corrected chi connectivity index (χ3v) is 1.51. The summed E-state index contributed by atoms with van der Waals surface area (Å²) in [5, 5.41) is 8.70. The first kappa shape index (κ1) is 12.7. The second-order valence-corrected chi connectivity index (χ2v) is 2.41. The maximum absolute atomic E-state index is 10.4. The van der Waals surface area contributed by atoms with E-state index in [9.17, 15) is 4.79 Å². The van der Waals surface area contributed by atoms with Gasteiger partial charge in [0.2, 0.25) is 0 Å². The lowest BCUT2D eigenvalue weighted by molar-refractivity contribution is 0.0696. The Labute approximate surface area is 86.9 Å². The summed E-state index contributed by atoms with van der Waals surface area (Å²) < 4.78 is 0. The number of nitrogens with two attached hydrogens (primary N) is 1.